The van der Waals surface area contributed by atoms with Crippen LogP contribution in [0.1, 0.15) is 34.6 Å². The van der Waals surface area contributed by atoms with Crippen molar-refractivity contribution in [3.8, 4) is 11.5 Å². The van der Waals surface area contributed by atoms with E-state index in [1.54, 1.807) is 38.1 Å². The zero-order chi connectivity index (χ0) is 24.5. The summed E-state index contributed by atoms with van der Waals surface area (Å²) in [6.07, 6.45) is 6.20. The summed E-state index contributed by atoms with van der Waals surface area (Å²) < 4.78 is 39.1. The lowest BCUT2D eigenvalue weighted by Gasteiger charge is -2.30. The number of hydrogen-bond donors (Lipinski definition) is 0. The first-order valence-electron chi connectivity index (χ1n) is 10.3. The van der Waals surface area contributed by atoms with Crippen LogP contribution < -0.4 is 13.8 Å². The molecule has 1 aromatic carbocycles. The van der Waals surface area contributed by atoms with Gasteiger partial charge in [-0.3, -0.25) is 9.10 Å². The van der Waals surface area contributed by atoms with Crippen molar-refractivity contribution >= 4 is 21.6 Å². The van der Waals surface area contributed by atoms with E-state index in [1.807, 2.05) is 20.8 Å². The lowest BCUT2D eigenvalue weighted by atomic mass is 10.2. The number of methoxy groups -OCH3 is 2. The number of benzene rings is 1. The fourth-order valence-electron chi connectivity index (χ4n) is 3.19. The number of carbonyl (C=O) groups is 1. The number of likely N-dealkylation sites (N-methyl/N-ethyl adjacent to an activating group) is 1. The Balaban J connectivity index is 3.74. The van der Waals surface area contributed by atoms with Crippen LogP contribution in [0.2, 0.25) is 0 Å². The van der Waals surface area contributed by atoms with Gasteiger partial charge in [0, 0.05) is 18.3 Å². The van der Waals surface area contributed by atoms with E-state index < -0.39 is 22.5 Å². The Morgan fingerprint density at radius 3 is 2.25 bits per heavy atom. The van der Waals surface area contributed by atoms with Gasteiger partial charge in [0.2, 0.25) is 5.91 Å². The van der Waals surface area contributed by atoms with Crippen molar-refractivity contribution in [1.82, 2.24) is 4.90 Å². The molecule has 0 N–H and O–H groups in total. The molecule has 1 rings (SSSR count). The number of carbonyl (C=O) groups excluding carboxylic acids is 1. The summed E-state index contributed by atoms with van der Waals surface area (Å²) in [5.41, 5.74) is 1.75. The maximum atomic E-state index is 13.6. The number of allylic oxidation sites excluding steroid dienone is 5. The molecule has 0 saturated heterocycles. The molecule has 7 nitrogen and oxygen atoms in total. The molecule has 0 bridgehead atoms. The molecule has 0 saturated carbocycles. The fraction of sp³-hybridized carbons (Fsp3) is 0.375. The molecule has 0 aromatic heterocycles. The highest BCUT2D eigenvalue weighted by Crippen LogP contribution is 2.36. The van der Waals surface area contributed by atoms with Gasteiger partial charge in [-0.15, -0.1) is 0 Å². The molecular formula is C24H34N2O5S. The molecule has 0 aliphatic heterocycles. The van der Waals surface area contributed by atoms with Crippen LogP contribution in [-0.2, 0) is 14.8 Å². The molecule has 8 heteroatoms. The summed E-state index contributed by atoms with van der Waals surface area (Å²) in [6, 6.07) is 4.81. The number of sulfonamides is 1. The third kappa shape index (κ3) is 6.03. The quantitative estimate of drug-likeness (QED) is 0.448. The van der Waals surface area contributed by atoms with Crippen LogP contribution in [0.5, 0.6) is 11.5 Å². The molecule has 0 spiro atoms. The van der Waals surface area contributed by atoms with Crippen LogP contribution in [0.25, 0.3) is 0 Å². The second kappa shape index (κ2) is 12.1. The third-order valence-corrected chi connectivity index (χ3v) is 6.62. The predicted octanol–water partition coefficient (Wildman–Crippen LogP) is 4.65. The lowest BCUT2D eigenvalue weighted by Crippen LogP contribution is -2.43. The van der Waals surface area contributed by atoms with Gasteiger partial charge in [-0.2, -0.15) is 0 Å². The minimum atomic E-state index is -4.09. The van der Waals surface area contributed by atoms with Gasteiger partial charge in [-0.05, 0) is 58.9 Å². The van der Waals surface area contributed by atoms with Crippen LogP contribution in [0, 0.1) is 0 Å². The molecule has 1 aromatic rings. The number of rotatable bonds is 11. The Morgan fingerprint density at radius 2 is 1.81 bits per heavy atom. The number of ether oxygens (including phenoxy) is 2. The first kappa shape index (κ1) is 27.0. The highest BCUT2D eigenvalue weighted by Gasteiger charge is 2.32. The highest BCUT2D eigenvalue weighted by molar-refractivity contribution is 7.96. The number of hydrogen-bond acceptors (Lipinski definition) is 5. The molecular weight excluding hydrogens is 428 g/mol. The van der Waals surface area contributed by atoms with Gasteiger partial charge in [-0.1, -0.05) is 24.3 Å². The Morgan fingerprint density at radius 1 is 1.16 bits per heavy atom. The van der Waals surface area contributed by atoms with Gasteiger partial charge in [0.25, 0.3) is 10.0 Å². The van der Waals surface area contributed by atoms with Crippen molar-refractivity contribution in [2.24, 2.45) is 0 Å². The molecule has 1 amide bonds. The lowest BCUT2D eigenvalue weighted by molar-refractivity contribution is -0.127. The van der Waals surface area contributed by atoms with E-state index in [0.29, 0.717) is 23.7 Å². The zero-order valence-corrected chi connectivity index (χ0v) is 20.8. The van der Waals surface area contributed by atoms with Crippen LogP contribution in [-0.4, -0.2) is 46.5 Å². The van der Waals surface area contributed by atoms with E-state index in [4.69, 9.17) is 9.47 Å². The SMILES string of the molecule is C=CC(=C(C)C)N(CC)C(=O)CN(c1cc(OC)ccc1OC)S(=O)(=O)C(/C=C\C)=C/C. The van der Waals surface area contributed by atoms with Crippen molar-refractivity contribution in [3.63, 3.8) is 0 Å². The van der Waals surface area contributed by atoms with Crippen LogP contribution in [0.15, 0.2) is 65.3 Å². The summed E-state index contributed by atoms with van der Waals surface area (Å²) in [5, 5.41) is 0. The molecule has 0 aliphatic carbocycles. The predicted molar refractivity (Wildman–Crippen MR) is 130 cm³/mol. The van der Waals surface area contributed by atoms with Gasteiger partial charge < -0.3 is 14.4 Å². The van der Waals surface area contributed by atoms with Crippen LogP contribution >= 0.6 is 0 Å². The van der Waals surface area contributed by atoms with Gasteiger partial charge in [0.15, 0.2) is 0 Å². The largest absolute Gasteiger partial charge is 0.497 e. The first-order chi connectivity index (χ1) is 15.1. The summed E-state index contributed by atoms with van der Waals surface area (Å²) in [4.78, 5) is 14.9. The standard InChI is InChI=1S/C24H34N2O5S/c1-9-13-20(10-2)32(28,29)26(22-16-19(30-7)14-15-23(22)31-8)17-24(27)25(12-4)21(11-3)18(5)6/h9-11,13-16H,3,12,17H2,1-2,4-8H3/b13-9-,20-10+. The van der Waals surface area contributed by atoms with Crippen molar-refractivity contribution in [2.45, 2.75) is 34.6 Å². The van der Waals surface area contributed by atoms with Crippen LogP contribution in [0.4, 0.5) is 5.69 Å². The van der Waals surface area contributed by atoms with E-state index in [0.717, 1.165) is 9.88 Å². The van der Waals surface area contributed by atoms with E-state index in [2.05, 4.69) is 6.58 Å². The van der Waals surface area contributed by atoms with Crippen molar-refractivity contribution < 1.29 is 22.7 Å². The normalized spacial score (nSPS) is 11.8. The van der Waals surface area contributed by atoms with Crippen molar-refractivity contribution in [1.29, 1.82) is 0 Å². The van der Waals surface area contributed by atoms with Gasteiger partial charge >= 0.3 is 0 Å². The third-order valence-electron chi connectivity index (χ3n) is 4.75. The average Bonchev–Trinajstić information content (AvgIpc) is 2.77. The Bertz CT molecular complexity index is 1020. The molecule has 0 fully saturated rings. The molecule has 0 aliphatic rings. The molecule has 176 valence electrons. The monoisotopic (exact) mass is 462 g/mol. The summed E-state index contributed by atoms with van der Waals surface area (Å²) in [5.74, 6) is 0.338. The van der Waals surface area contributed by atoms with Gasteiger partial charge in [0.1, 0.15) is 18.0 Å². The minimum absolute atomic E-state index is 0.0619. The van der Waals surface area contributed by atoms with Gasteiger partial charge in [-0.25, -0.2) is 8.42 Å². The average molecular weight is 463 g/mol. The highest BCUT2D eigenvalue weighted by atomic mass is 32.2. The van der Waals surface area contributed by atoms with E-state index in [9.17, 15) is 13.2 Å². The molecule has 32 heavy (non-hydrogen) atoms. The number of anilines is 1. The molecule has 0 heterocycles. The molecule has 0 atom stereocenters. The van der Waals surface area contributed by atoms with E-state index in [-0.39, 0.29) is 10.6 Å². The zero-order valence-electron chi connectivity index (χ0n) is 20.0. The van der Waals surface area contributed by atoms with Crippen molar-refractivity contribution in [3.05, 3.63) is 65.3 Å². The Labute approximate surface area is 192 Å². The van der Waals surface area contributed by atoms with Crippen molar-refractivity contribution in [2.75, 3.05) is 31.6 Å². The van der Waals surface area contributed by atoms with E-state index in [1.165, 1.54) is 37.3 Å². The molecule has 0 unspecified atom stereocenters. The summed E-state index contributed by atoms with van der Waals surface area (Å²) in [7, 11) is -1.17. The maximum Gasteiger partial charge on any atom is 0.264 e. The first-order valence-corrected chi connectivity index (χ1v) is 11.7. The number of amides is 1. The number of nitrogens with zero attached hydrogens (tertiary/aromatic N) is 2. The Hall–Kier alpha value is -3.00. The second-order valence-corrected chi connectivity index (χ2v) is 8.83. The fourth-order valence-corrected chi connectivity index (χ4v) is 4.73. The van der Waals surface area contributed by atoms with Gasteiger partial charge in [0.05, 0.1) is 24.8 Å². The van der Waals surface area contributed by atoms with E-state index >= 15 is 0 Å². The summed E-state index contributed by atoms with van der Waals surface area (Å²) >= 11 is 0. The minimum Gasteiger partial charge on any atom is -0.497 e. The smallest absolute Gasteiger partial charge is 0.264 e. The maximum absolute atomic E-state index is 13.6. The summed E-state index contributed by atoms with van der Waals surface area (Å²) in [6.45, 7) is 12.7. The topological polar surface area (TPSA) is 76.2 Å². The van der Waals surface area contributed by atoms with Crippen LogP contribution in [0.3, 0.4) is 0 Å². The second-order valence-electron chi connectivity index (χ2n) is 6.97. The Kier molecular flexibility index (Phi) is 10.3. The molecule has 0 radical (unpaired) electrons.